The molecule has 54 valence electrons. The van der Waals surface area contributed by atoms with Crippen molar-refractivity contribution in [2.75, 3.05) is 0 Å². The van der Waals surface area contributed by atoms with Gasteiger partial charge in [0, 0.05) is 5.70 Å². The number of allylic oxidation sites excluding steroid dienone is 2. The third-order valence-electron chi connectivity index (χ3n) is 0.848. The van der Waals surface area contributed by atoms with Crippen LogP contribution in [-0.2, 0) is 4.79 Å². The van der Waals surface area contributed by atoms with Crippen LogP contribution in [0, 0.1) is 0 Å². The number of hydrogen-bond acceptors (Lipinski definition) is 1. The first-order valence-corrected chi connectivity index (χ1v) is 2.95. The molecule has 0 rings (SSSR count). The predicted molar refractivity (Wildman–Crippen MR) is 42.3 cm³/mol. The highest BCUT2D eigenvalue weighted by molar-refractivity contribution is 5.88. The summed E-state index contributed by atoms with van der Waals surface area (Å²) >= 11 is 0. The number of nitrogens with one attached hydrogen (secondary N) is 1. The third-order valence-corrected chi connectivity index (χ3v) is 0.848. The Balaban J connectivity index is 3.79. The zero-order valence-electron chi connectivity index (χ0n) is 6.05. The van der Waals surface area contributed by atoms with Gasteiger partial charge >= 0.3 is 0 Å². The summed E-state index contributed by atoms with van der Waals surface area (Å²) in [5.74, 6) is -0.174. The lowest BCUT2D eigenvalue weighted by Gasteiger charge is -1.97. The second-order valence-electron chi connectivity index (χ2n) is 1.72. The van der Waals surface area contributed by atoms with Gasteiger partial charge < -0.3 is 5.32 Å². The first-order valence-electron chi connectivity index (χ1n) is 2.95. The van der Waals surface area contributed by atoms with Gasteiger partial charge in [-0.25, -0.2) is 0 Å². The van der Waals surface area contributed by atoms with Gasteiger partial charge in [0.2, 0.25) is 5.91 Å². The van der Waals surface area contributed by atoms with Gasteiger partial charge in [-0.05, 0) is 19.1 Å². The van der Waals surface area contributed by atoms with Crippen LogP contribution in [0.15, 0.2) is 37.1 Å². The van der Waals surface area contributed by atoms with E-state index < -0.39 is 0 Å². The van der Waals surface area contributed by atoms with Crippen LogP contribution in [-0.4, -0.2) is 5.91 Å². The van der Waals surface area contributed by atoms with Crippen LogP contribution in [0.1, 0.15) is 6.92 Å². The van der Waals surface area contributed by atoms with Gasteiger partial charge in [0.1, 0.15) is 0 Å². The molecular weight excluding hydrogens is 126 g/mol. The van der Waals surface area contributed by atoms with Crippen LogP contribution >= 0.6 is 0 Å². The Bertz CT molecular complexity index is 180. The summed E-state index contributed by atoms with van der Waals surface area (Å²) in [7, 11) is 0. The van der Waals surface area contributed by atoms with Crippen molar-refractivity contribution in [3.63, 3.8) is 0 Å². The van der Waals surface area contributed by atoms with E-state index in [0.29, 0.717) is 5.70 Å². The van der Waals surface area contributed by atoms with Crippen LogP contribution in [0.2, 0.25) is 0 Å². The average Bonchev–Trinajstić information content (AvgIpc) is 1.88. The van der Waals surface area contributed by atoms with Gasteiger partial charge in [-0.1, -0.05) is 19.2 Å². The van der Waals surface area contributed by atoms with E-state index in [-0.39, 0.29) is 5.91 Å². The SMILES string of the molecule is C=CC(=C)NC(=O)/C=C/C. The van der Waals surface area contributed by atoms with E-state index in [2.05, 4.69) is 18.5 Å². The summed E-state index contributed by atoms with van der Waals surface area (Å²) in [6.45, 7) is 8.72. The fraction of sp³-hybridized carbons (Fsp3) is 0.125. The highest BCUT2D eigenvalue weighted by atomic mass is 16.1. The van der Waals surface area contributed by atoms with Gasteiger partial charge in [0.05, 0.1) is 0 Å². The number of amides is 1. The number of rotatable bonds is 3. The zero-order valence-corrected chi connectivity index (χ0v) is 6.05. The minimum atomic E-state index is -0.174. The Morgan fingerprint density at radius 2 is 2.20 bits per heavy atom. The van der Waals surface area contributed by atoms with Crippen molar-refractivity contribution in [1.82, 2.24) is 5.32 Å². The number of hydrogen-bond donors (Lipinski definition) is 1. The van der Waals surface area contributed by atoms with Crippen LogP contribution in [0.4, 0.5) is 0 Å². The zero-order chi connectivity index (χ0) is 7.98. The molecule has 0 aromatic carbocycles. The average molecular weight is 137 g/mol. The monoisotopic (exact) mass is 137 g/mol. The van der Waals surface area contributed by atoms with E-state index in [1.807, 2.05) is 0 Å². The Morgan fingerprint density at radius 1 is 1.60 bits per heavy atom. The molecular formula is C8H11NO. The molecule has 0 saturated heterocycles. The van der Waals surface area contributed by atoms with Crippen LogP contribution in [0.3, 0.4) is 0 Å². The van der Waals surface area contributed by atoms with E-state index in [4.69, 9.17) is 0 Å². The second kappa shape index (κ2) is 4.56. The summed E-state index contributed by atoms with van der Waals surface area (Å²) in [6, 6.07) is 0. The normalized spacial score (nSPS) is 9.30. The molecule has 10 heavy (non-hydrogen) atoms. The number of carbonyl (C=O) groups is 1. The second-order valence-corrected chi connectivity index (χ2v) is 1.72. The first-order chi connectivity index (χ1) is 4.70. The minimum Gasteiger partial charge on any atom is -0.323 e. The maximum atomic E-state index is 10.7. The fourth-order valence-electron chi connectivity index (χ4n) is 0.402. The van der Waals surface area contributed by atoms with Crippen molar-refractivity contribution in [3.8, 4) is 0 Å². The molecule has 0 bridgehead atoms. The maximum Gasteiger partial charge on any atom is 0.248 e. The van der Waals surface area contributed by atoms with Crippen molar-refractivity contribution in [2.24, 2.45) is 0 Å². The molecule has 1 amide bonds. The van der Waals surface area contributed by atoms with Crippen LogP contribution in [0.5, 0.6) is 0 Å². The summed E-state index contributed by atoms with van der Waals surface area (Å²) in [6.07, 6.45) is 4.57. The molecule has 0 aliphatic carbocycles. The van der Waals surface area contributed by atoms with Crippen LogP contribution < -0.4 is 5.32 Å². The van der Waals surface area contributed by atoms with Crippen molar-refractivity contribution in [3.05, 3.63) is 37.1 Å². The minimum absolute atomic E-state index is 0.174. The largest absolute Gasteiger partial charge is 0.323 e. The maximum absolute atomic E-state index is 10.7. The van der Waals surface area contributed by atoms with Gasteiger partial charge in [0.25, 0.3) is 0 Å². The fourth-order valence-corrected chi connectivity index (χ4v) is 0.402. The molecule has 2 heteroatoms. The molecule has 0 fully saturated rings. The molecule has 1 N–H and O–H groups in total. The molecule has 0 aromatic heterocycles. The Morgan fingerprint density at radius 3 is 2.60 bits per heavy atom. The molecule has 0 aromatic rings. The lowest BCUT2D eigenvalue weighted by Crippen LogP contribution is -2.17. The van der Waals surface area contributed by atoms with Gasteiger partial charge in [-0.2, -0.15) is 0 Å². The smallest absolute Gasteiger partial charge is 0.248 e. The highest BCUT2D eigenvalue weighted by Crippen LogP contribution is 1.83. The topological polar surface area (TPSA) is 29.1 Å². The molecule has 0 aliphatic heterocycles. The predicted octanol–water partition coefficient (Wildman–Crippen LogP) is 1.38. The number of carbonyl (C=O) groups excluding carboxylic acids is 1. The van der Waals surface area contributed by atoms with E-state index in [9.17, 15) is 4.79 Å². The Kier molecular flexibility index (Phi) is 3.96. The van der Waals surface area contributed by atoms with Crippen molar-refractivity contribution < 1.29 is 4.79 Å². The molecule has 0 aliphatic rings. The molecule has 2 nitrogen and oxygen atoms in total. The Labute approximate surface area is 60.9 Å². The molecule has 0 saturated carbocycles. The van der Waals surface area contributed by atoms with Crippen LogP contribution in [0.25, 0.3) is 0 Å². The van der Waals surface area contributed by atoms with Crippen molar-refractivity contribution >= 4 is 5.91 Å². The van der Waals surface area contributed by atoms with E-state index in [1.165, 1.54) is 12.2 Å². The summed E-state index contributed by atoms with van der Waals surface area (Å²) in [4.78, 5) is 10.7. The summed E-state index contributed by atoms with van der Waals surface area (Å²) in [5.41, 5.74) is 0.517. The third kappa shape index (κ3) is 3.66. The highest BCUT2D eigenvalue weighted by Gasteiger charge is 1.91. The molecule has 0 unspecified atom stereocenters. The molecule has 0 radical (unpaired) electrons. The molecule has 0 atom stereocenters. The van der Waals surface area contributed by atoms with E-state index in [1.54, 1.807) is 13.0 Å². The van der Waals surface area contributed by atoms with Crippen molar-refractivity contribution in [2.45, 2.75) is 6.92 Å². The van der Waals surface area contributed by atoms with Gasteiger partial charge in [0.15, 0.2) is 0 Å². The van der Waals surface area contributed by atoms with Gasteiger partial charge in [-0.3, -0.25) is 4.79 Å². The van der Waals surface area contributed by atoms with Crippen molar-refractivity contribution in [1.29, 1.82) is 0 Å². The van der Waals surface area contributed by atoms with Gasteiger partial charge in [-0.15, -0.1) is 0 Å². The van der Waals surface area contributed by atoms with E-state index in [0.717, 1.165) is 0 Å². The Hall–Kier alpha value is -1.31. The first kappa shape index (κ1) is 8.69. The summed E-state index contributed by atoms with van der Waals surface area (Å²) < 4.78 is 0. The lowest BCUT2D eigenvalue weighted by molar-refractivity contribution is -0.115. The standard InChI is InChI=1S/C8H11NO/c1-4-6-8(10)9-7(3)5-2/h4-6H,2-3H2,1H3,(H,9,10)/b6-4+. The molecule has 0 heterocycles. The molecule has 0 spiro atoms. The van der Waals surface area contributed by atoms with E-state index >= 15 is 0 Å². The summed E-state index contributed by atoms with van der Waals surface area (Å²) in [5, 5.41) is 2.49. The lowest BCUT2D eigenvalue weighted by atomic mass is 10.4. The quantitative estimate of drug-likeness (QED) is 0.462.